The van der Waals surface area contributed by atoms with E-state index in [2.05, 4.69) is 82.8 Å². The molecule has 0 aliphatic carbocycles. The Bertz CT molecular complexity index is 1670. The van der Waals surface area contributed by atoms with E-state index in [-0.39, 0.29) is 0 Å². The molecule has 0 saturated heterocycles. The predicted molar refractivity (Wildman–Crippen MR) is 188 cm³/mol. The van der Waals surface area contributed by atoms with Crippen molar-refractivity contribution in [2.45, 2.75) is 50.0 Å². The maximum Gasteiger partial charge on any atom is 0.357 e. The third-order valence-electron chi connectivity index (χ3n) is 8.13. The minimum atomic E-state index is -1.79. The topological polar surface area (TPSA) is 46.5 Å². The van der Waals surface area contributed by atoms with Gasteiger partial charge in [-0.3, -0.25) is 0 Å². The zero-order valence-electron chi connectivity index (χ0n) is 26.4. The quantitative estimate of drug-likeness (QED) is 0.112. The fourth-order valence-electron chi connectivity index (χ4n) is 5.49. The van der Waals surface area contributed by atoms with Crippen molar-refractivity contribution in [1.29, 1.82) is 0 Å². The number of para-hydroxylation sites is 1. The van der Waals surface area contributed by atoms with Crippen LogP contribution in [0.25, 0.3) is 22.3 Å². The number of hydrogen-bond acceptors (Lipinski definition) is 3. The van der Waals surface area contributed by atoms with E-state index in [1.807, 2.05) is 78.9 Å². The van der Waals surface area contributed by atoms with Crippen LogP contribution in [-0.2, 0) is 10.4 Å². The van der Waals surface area contributed by atoms with Crippen LogP contribution in [0.15, 0.2) is 139 Å². The van der Waals surface area contributed by atoms with Crippen molar-refractivity contribution in [2.75, 3.05) is 5.75 Å². The summed E-state index contributed by atoms with van der Waals surface area (Å²) in [6, 6.07) is 40.0. The average molecular weight is 613 g/mol. The summed E-state index contributed by atoms with van der Waals surface area (Å²) in [6.07, 6.45) is 1.83. The van der Waals surface area contributed by atoms with E-state index in [1.165, 1.54) is 11.1 Å². The van der Waals surface area contributed by atoms with Crippen LogP contribution in [0.4, 0.5) is 0 Å². The lowest BCUT2D eigenvalue weighted by atomic mass is 9.84. The number of ether oxygens (including phenoxy) is 1. The van der Waals surface area contributed by atoms with E-state index in [1.54, 1.807) is 11.8 Å². The number of carboxylic acid groups (broad SMARTS) is 1. The SMILES string of the molecule is C=CCSc1ccccc1OC(C(=O)O)(c1ccc(-c2cccc(C(C)C)c2)cc1)c1ccc(-c2cccc(C(C)C)c2)cc1. The van der Waals surface area contributed by atoms with Gasteiger partial charge in [0.2, 0.25) is 0 Å². The lowest BCUT2D eigenvalue weighted by Gasteiger charge is -2.32. The summed E-state index contributed by atoms with van der Waals surface area (Å²) in [6.45, 7) is 12.6. The lowest BCUT2D eigenvalue weighted by molar-refractivity contribution is -0.152. The molecule has 0 unspecified atom stereocenters. The van der Waals surface area contributed by atoms with Crippen molar-refractivity contribution in [2.24, 2.45) is 0 Å². The predicted octanol–water partition coefficient (Wildman–Crippen LogP) is 11.0. The van der Waals surface area contributed by atoms with Gasteiger partial charge in [0, 0.05) is 21.8 Å². The van der Waals surface area contributed by atoms with Crippen molar-refractivity contribution >= 4 is 17.7 Å². The van der Waals surface area contributed by atoms with Crippen LogP contribution >= 0.6 is 11.8 Å². The first kappa shape index (κ1) is 31.9. The second-order valence-corrected chi connectivity index (χ2v) is 12.9. The minimum Gasteiger partial charge on any atom is -0.478 e. The molecular weight excluding hydrogens is 573 g/mol. The third-order valence-corrected chi connectivity index (χ3v) is 9.18. The maximum absolute atomic E-state index is 13.6. The molecule has 5 rings (SSSR count). The molecule has 0 aliphatic rings. The molecule has 5 aromatic rings. The van der Waals surface area contributed by atoms with Crippen molar-refractivity contribution < 1.29 is 14.6 Å². The van der Waals surface area contributed by atoms with Gasteiger partial charge in [-0.25, -0.2) is 4.79 Å². The third kappa shape index (κ3) is 6.92. The summed E-state index contributed by atoms with van der Waals surface area (Å²) >= 11 is 1.56. The Kier molecular flexibility index (Phi) is 9.95. The van der Waals surface area contributed by atoms with E-state index in [0.29, 0.717) is 34.5 Å². The molecule has 0 radical (unpaired) electrons. The summed E-state index contributed by atoms with van der Waals surface area (Å²) in [5, 5.41) is 11.1. The van der Waals surface area contributed by atoms with E-state index in [9.17, 15) is 9.90 Å². The first-order valence-electron chi connectivity index (χ1n) is 15.4. The molecule has 0 bridgehead atoms. The summed E-state index contributed by atoms with van der Waals surface area (Å²) in [4.78, 5) is 14.4. The Morgan fingerprint density at radius 2 is 1.20 bits per heavy atom. The second-order valence-electron chi connectivity index (χ2n) is 11.8. The van der Waals surface area contributed by atoms with Crippen molar-refractivity contribution in [1.82, 2.24) is 0 Å². The summed E-state index contributed by atoms with van der Waals surface area (Å²) in [5.41, 5.74) is 6.02. The Morgan fingerprint density at radius 3 is 1.64 bits per heavy atom. The van der Waals surface area contributed by atoms with Gasteiger partial charge in [-0.2, -0.15) is 0 Å². The molecule has 0 fully saturated rings. The van der Waals surface area contributed by atoms with Gasteiger partial charge in [0.25, 0.3) is 5.60 Å². The minimum absolute atomic E-state index is 0.409. The van der Waals surface area contributed by atoms with Gasteiger partial charge in [-0.1, -0.05) is 143 Å². The zero-order chi connectivity index (χ0) is 32.0. The van der Waals surface area contributed by atoms with E-state index in [4.69, 9.17) is 4.74 Å². The van der Waals surface area contributed by atoms with Gasteiger partial charge in [-0.15, -0.1) is 18.3 Å². The van der Waals surface area contributed by atoms with Crippen molar-refractivity contribution in [3.63, 3.8) is 0 Å². The highest BCUT2D eigenvalue weighted by Crippen LogP contribution is 2.41. The smallest absolute Gasteiger partial charge is 0.357 e. The molecule has 45 heavy (non-hydrogen) atoms. The fourth-order valence-corrected chi connectivity index (χ4v) is 6.22. The Balaban J connectivity index is 1.62. The van der Waals surface area contributed by atoms with Gasteiger partial charge >= 0.3 is 5.97 Å². The monoisotopic (exact) mass is 612 g/mol. The molecule has 0 atom stereocenters. The molecule has 1 N–H and O–H groups in total. The standard InChI is InChI=1S/C41H40O3S/c1-6-25-45-39-16-8-7-15-38(39)44-41(40(42)43,36-21-17-30(18-22-36)34-13-9-11-32(26-34)28(2)3)37-23-19-31(20-24-37)35-14-10-12-33(27-35)29(4)5/h6-24,26-29H,1,25H2,2-5H3,(H,42,43). The molecule has 0 heterocycles. The van der Waals surface area contributed by atoms with Crippen molar-refractivity contribution in [3.05, 3.63) is 156 Å². The molecular formula is C41H40O3S. The van der Waals surface area contributed by atoms with Gasteiger partial charge < -0.3 is 9.84 Å². The van der Waals surface area contributed by atoms with E-state index in [0.717, 1.165) is 27.1 Å². The van der Waals surface area contributed by atoms with Gasteiger partial charge in [0.05, 0.1) is 0 Å². The first-order valence-corrected chi connectivity index (χ1v) is 16.4. The molecule has 228 valence electrons. The lowest BCUT2D eigenvalue weighted by Crippen LogP contribution is -2.43. The number of aliphatic carboxylic acids is 1. The first-order chi connectivity index (χ1) is 21.7. The summed E-state index contributed by atoms with van der Waals surface area (Å²) in [7, 11) is 0. The highest BCUT2D eigenvalue weighted by Gasteiger charge is 2.45. The highest BCUT2D eigenvalue weighted by molar-refractivity contribution is 7.99. The molecule has 3 nitrogen and oxygen atoms in total. The second kappa shape index (κ2) is 14.0. The van der Waals surface area contributed by atoms with Crippen LogP contribution in [0.2, 0.25) is 0 Å². The van der Waals surface area contributed by atoms with Gasteiger partial charge in [-0.05, 0) is 57.3 Å². The molecule has 4 heteroatoms. The Labute approximate surface area is 271 Å². The number of carbonyl (C=O) groups is 1. The number of thioether (sulfide) groups is 1. The Hall–Kier alpha value is -4.54. The average Bonchev–Trinajstić information content (AvgIpc) is 3.07. The number of benzene rings is 5. The summed E-state index contributed by atoms with van der Waals surface area (Å²) in [5.74, 6) is 0.915. The molecule has 0 spiro atoms. The molecule has 0 aromatic heterocycles. The van der Waals surface area contributed by atoms with Crippen LogP contribution in [0.1, 0.15) is 61.8 Å². The fraction of sp³-hybridized carbons (Fsp3) is 0.195. The maximum atomic E-state index is 13.6. The highest BCUT2D eigenvalue weighted by atomic mass is 32.2. The molecule has 0 saturated carbocycles. The van der Waals surface area contributed by atoms with Crippen LogP contribution in [0.3, 0.4) is 0 Å². The molecule has 5 aromatic carbocycles. The largest absolute Gasteiger partial charge is 0.478 e. The van der Waals surface area contributed by atoms with Crippen LogP contribution in [0, 0.1) is 0 Å². The summed E-state index contributed by atoms with van der Waals surface area (Å²) < 4.78 is 6.70. The number of hydrogen-bond donors (Lipinski definition) is 1. The van der Waals surface area contributed by atoms with Crippen molar-refractivity contribution in [3.8, 4) is 28.0 Å². The Morgan fingerprint density at radius 1 is 0.711 bits per heavy atom. The van der Waals surface area contributed by atoms with Crippen LogP contribution < -0.4 is 4.74 Å². The number of carboxylic acids is 1. The van der Waals surface area contributed by atoms with Gasteiger partial charge in [0.1, 0.15) is 5.75 Å². The normalized spacial score (nSPS) is 11.5. The molecule has 0 amide bonds. The van der Waals surface area contributed by atoms with E-state index >= 15 is 0 Å². The van der Waals surface area contributed by atoms with E-state index < -0.39 is 11.6 Å². The van der Waals surface area contributed by atoms with Crippen LogP contribution in [0.5, 0.6) is 5.75 Å². The van der Waals surface area contributed by atoms with Gasteiger partial charge in [0.15, 0.2) is 0 Å². The van der Waals surface area contributed by atoms with Crippen LogP contribution in [-0.4, -0.2) is 16.8 Å². The number of rotatable bonds is 12. The zero-order valence-corrected chi connectivity index (χ0v) is 27.2. The molecule has 0 aliphatic heterocycles.